The lowest BCUT2D eigenvalue weighted by atomic mass is 10.2. The van der Waals surface area contributed by atoms with Gasteiger partial charge in [0, 0.05) is 5.33 Å². The minimum Gasteiger partial charge on any atom is -0.468 e. The summed E-state index contributed by atoms with van der Waals surface area (Å²) in [6.45, 7) is 8.09. The number of alkyl halides is 1. The van der Waals surface area contributed by atoms with Crippen LogP contribution in [0.15, 0.2) is 0 Å². The Morgan fingerprint density at radius 1 is 1.44 bits per heavy atom. The third-order valence-corrected chi connectivity index (χ3v) is 2.72. The summed E-state index contributed by atoms with van der Waals surface area (Å²) in [5.41, 5.74) is 3.09. The van der Waals surface area contributed by atoms with E-state index in [4.69, 9.17) is 0 Å². The maximum Gasteiger partial charge on any atom is 0.327 e. The molecule has 0 radical (unpaired) electrons. The van der Waals surface area contributed by atoms with Gasteiger partial charge in [-0.3, -0.25) is 9.48 Å². The van der Waals surface area contributed by atoms with Crippen LogP contribution in [0.1, 0.15) is 30.8 Å². The molecule has 5 heteroatoms. The lowest BCUT2D eigenvalue weighted by Gasteiger charge is -2.03. The van der Waals surface area contributed by atoms with Crippen LogP contribution < -0.4 is 0 Å². The Labute approximate surface area is 105 Å². The summed E-state index contributed by atoms with van der Waals surface area (Å²) in [5, 5.41) is 4.95. The van der Waals surface area contributed by atoms with Gasteiger partial charge in [-0.15, -0.1) is 0 Å². The van der Waals surface area contributed by atoms with Crippen molar-refractivity contribution in [2.45, 2.75) is 39.6 Å². The van der Waals surface area contributed by atoms with E-state index in [1.165, 1.54) is 7.11 Å². The Hall–Kier alpha value is -0.840. The van der Waals surface area contributed by atoms with Gasteiger partial charge in [-0.1, -0.05) is 29.8 Å². The van der Waals surface area contributed by atoms with Gasteiger partial charge in [-0.05, 0) is 19.4 Å². The van der Waals surface area contributed by atoms with Gasteiger partial charge < -0.3 is 4.74 Å². The van der Waals surface area contributed by atoms with Crippen LogP contribution in [0.5, 0.6) is 0 Å². The van der Waals surface area contributed by atoms with E-state index < -0.39 is 0 Å². The minimum absolute atomic E-state index is 0.173. The van der Waals surface area contributed by atoms with E-state index in [-0.39, 0.29) is 12.5 Å². The molecule has 1 heterocycles. The summed E-state index contributed by atoms with van der Waals surface area (Å²) < 4.78 is 6.26. The highest BCUT2D eigenvalue weighted by Gasteiger charge is 2.12. The molecule has 0 aromatic carbocycles. The molecule has 0 saturated carbocycles. The van der Waals surface area contributed by atoms with Gasteiger partial charge in [0.25, 0.3) is 0 Å². The zero-order valence-corrected chi connectivity index (χ0v) is 12.1. The molecule has 0 N–H and O–H groups in total. The van der Waals surface area contributed by atoms with Gasteiger partial charge in [0.15, 0.2) is 0 Å². The highest BCUT2D eigenvalue weighted by atomic mass is 79.9. The van der Waals surface area contributed by atoms with Crippen LogP contribution in [0.3, 0.4) is 0 Å². The van der Waals surface area contributed by atoms with E-state index >= 15 is 0 Å². The summed E-state index contributed by atoms with van der Waals surface area (Å²) in [7, 11) is 1.37. The normalized spacial score (nSPS) is 9.38. The van der Waals surface area contributed by atoms with Crippen molar-refractivity contribution in [1.82, 2.24) is 9.78 Å². The predicted octanol–water partition coefficient (Wildman–Crippen LogP) is 2.59. The average molecular weight is 291 g/mol. The van der Waals surface area contributed by atoms with Gasteiger partial charge in [0.05, 0.1) is 18.5 Å². The predicted molar refractivity (Wildman–Crippen MR) is 67.7 cm³/mol. The maximum atomic E-state index is 11.1. The lowest BCUT2D eigenvalue weighted by Crippen LogP contribution is -2.14. The van der Waals surface area contributed by atoms with Crippen LogP contribution in [0, 0.1) is 13.8 Å². The number of aryl methyl sites for hydroxylation is 1. The Morgan fingerprint density at radius 3 is 2.44 bits per heavy atom. The quantitative estimate of drug-likeness (QED) is 0.635. The van der Waals surface area contributed by atoms with Crippen LogP contribution in [-0.4, -0.2) is 22.9 Å². The Morgan fingerprint density at radius 2 is 2.00 bits per heavy atom. The summed E-state index contributed by atoms with van der Waals surface area (Å²) in [5.74, 6) is -0.283. The molecule has 0 saturated heterocycles. The van der Waals surface area contributed by atoms with Crippen LogP contribution in [0.25, 0.3) is 0 Å². The highest BCUT2D eigenvalue weighted by molar-refractivity contribution is 9.08. The number of esters is 1. The van der Waals surface area contributed by atoms with Crippen molar-refractivity contribution in [3.8, 4) is 0 Å². The number of nitrogens with zero attached hydrogens (tertiary/aromatic N) is 2. The second-order valence-electron chi connectivity index (χ2n) is 3.02. The number of aromatic nitrogens is 2. The first-order valence-corrected chi connectivity index (χ1v) is 6.38. The van der Waals surface area contributed by atoms with Gasteiger partial charge in [-0.2, -0.15) is 5.10 Å². The number of halogens is 1. The summed E-state index contributed by atoms with van der Waals surface area (Å²) >= 11 is 3.37. The number of hydrogen-bond donors (Lipinski definition) is 0. The third kappa shape index (κ3) is 3.63. The Kier molecular flexibility index (Phi) is 7.05. The van der Waals surface area contributed by atoms with Crippen molar-refractivity contribution in [3.63, 3.8) is 0 Å². The molecule has 0 spiro atoms. The molecule has 1 aromatic heterocycles. The summed E-state index contributed by atoms with van der Waals surface area (Å²) in [6.07, 6.45) is 0. The third-order valence-electron chi connectivity index (χ3n) is 2.19. The van der Waals surface area contributed by atoms with E-state index in [0.29, 0.717) is 5.33 Å². The maximum absolute atomic E-state index is 11.1. The molecule has 92 valence electrons. The largest absolute Gasteiger partial charge is 0.468 e. The SMILES string of the molecule is CC.COC(=O)Cn1nc(C)c(C)c1CBr. The first kappa shape index (κ1) is 15.2. The topological polar surface area (TPSA) is 44.1 Å². The number of carbonyl (C=O) groups is 1. The fraction of sp³-hybridized carbons (Fsp3) is 0.636. The lowest BCUT2D eigenvalue weighted by molar-refractivity contribution is -0.141. The number of hydrogen-bond acceptors (Lipinski definition) is 3. The van der Waals surface area contributed by atoms with Crippen molar-refractivity contribution < 1.29 is 9.53 Å². The van der Waals surface area contributed by atoms with Gasteiger partial charge in [0.2, 0.25) is 0 Å². The molecule has 0 amide bonds. The van der Waals surface area contributed by atoms with Gasteiger partial charge in [0.1, 0.15) is 6.54 Å². The molecule has 0 aliphatic heterocycles. The number of methoxy groups -OCH3 is 1. The molecule has 0 atom stereocenters. The second kappa shape index (κ2) is 7.44. The van der Waals surface area contributed by atoms with Crippen LogP contribution in [0.4, 0.5) is 0 Å². The second-order valence-corrected chi connectivity index (χ2v) is 3.59. The monoisotopic (exact) mass is 290 g/mol. The minimum atomic E-state index is -0.283. The molecule has 0 fully saturated rings. The van der Waals surface area contributed by atoms with Crippen molar-refractivity contribution in [2.24, 2.45) is 0 Å². The van der Waals surface area contributed by atoms with E-state index in [1.807, 2.05) is 27.7 Å². The van der Waals surface area contributed by atoms with E-state index in [0.717, 1.165) is 17.0 Å². The van der Waals surface area contributed by atoms with E-state index in [1.54, 1.807) is 4.68 Å². The summed E-state index contributed by atoms with van der Waals surface area (Å²) in [6, 6.07) is 0. The molecule has 0 unspecified atom stereocenters. The first-order valence-electron chi connectivity index (χ1n) is 5.25. The molecule has 0 aliphatic carbocycles. The van der Waals surface area contributed by atoms with Crippen molar-refractivity contribution in [2.75, 3.05) is 7.11 Å². The van der Waals surface area contributed by atoms with Crippen molar-refractivity contribution in [1.29, 1.82) is 0 Å². The van der Waals surface area contributed by atoms with Crippen LogP contribution in [0.2, 0.25) is 0 Å². The Balaban J connectivity index is 0.00000106. The first-order chi connectivity index (χ1) is 7.60. The van der Waals surface area contributed by atoms with Crippen molar-refractivity contribution >= 4 is 21.9 Å². The molecule has 0 bridgehead atoms. The molecule has 4 nitrogen and oxygen atoms in total. The number of ether oxygens (including phenoxy) is 1. The van der Waals surface area contributed by atoms with E-state index in [2.05, 4.69) is 25.8 Å². The molecule has 1 rings (SSSR count). The van der Waals surface area contributed by atoms with E-state index in [9.17, 15) is 4.79 Å². The number of rotatable bonds is 3. The fourth-order valence-electron chi connectivity index (χ4n) is 1.21. The van der Waals surface area contributed by atoms with Gasteiger partial charge in [-0.25, -0.2) is 0 Å². The summed E-state index contributed by atoms with van der Waals surface area (Å²) in [4.78, 5) is 11.1. The molecular formula is C11H19BrN2O2. The van der Waals surface area contributed by atoms with Crippen LogP contribution >= 0.6 is 15.9 Å². The van der Waals surface area contributed by atoms with Crippen LogP contribution in [-0.2, 0) is 21.4 Å². The molecular weight excluding hydrogens is 272 g/mol. The fourth-order valence-corrected chi connectivity index (χ4v) is 1.92. The standard InChI is InChI=1S/C9H13BrN2O2.C2H6/c1-6-7(2)11-12(8(6)4-10)5-9(13)14-3;1-2/h4-5H2,1-3H3;1-2H3. The smallest absolute Gasteiger partial charge is 0.327 e. The zero-order valence-electron chi connectivity index (χ0n) is 10.5. The zero-order chi connectivity index (χ0) is 12.7. The molecule has 16 heavy (non-hydrogen) atoms. The van der Waals surface area contributed by atoms with Crippen molar-refractivity contribution in [3.05, 3.63) is 17.0 Å². The average Bonchev–Trinajstić information content (AvgIpc) is 2.57. The Bertz CT molecular complexity index is 348. The highest BCUT2D eigenvalue weighted by Crippen LogP contribution is 2.15. The van der Waals surface area contributed by atoms with Gasteiger partial charge >= 0.3 is 5.97 Å². The number of carbonyl (C=O) groups excluding carboxylic acids is 1. The molecule has 1 aromatic rings. The molecule has 0 aliphatic rings.